The first-order valence-corrected chi connectivity index (χ1v) is 7.14. The van der Waals surface area contributed by atoms with Gasteiger partial charge in [0.1, 0.15) is 0 Å². The first-order valence-electron chi connectivity index (χ1n) is 7.14. The fourth-order valence-electron chi connectivity index (χ4n) is 2.73. The highest BCUT2D eigenvalue weighted by atomic mass is 16.5. The average Bonchev–Trinajstić information content (AvgIpc) is 3.20. The van der Waals surface area contributed by atoms with Crippen molar-refractivity contribution < 1.29 is 14.3 Å². The van der Waals surface area contributed by atoms with Gasteiger partial charge in [0.2, 0.25) is 5.91 Å². The molecule has 2 rings (SSSR count). The smallest absolute Gasteiger partial charge is 0.305 e. The molecule has 0 radical (unpaired) electrons. The van der Waals surface area contributed by atoms with Crippen LogP contribution in [0.25, 0.3) is 0 Å². The lowest BCUT2D eigenvalue weighted by Crippen LogP contribution is -2.51. The van der Waals surface area contributed by atoms with Crippen LogP contribution in [0.5, 0.6) is 0 Å². The van der Waals surface area contributed by atoms with Gasteiger partial charge in [0.15, 0.2) is 0 Å². The molecule has 0 bridgehead atoms. The second kappa shape index (κ2) is 6.37. The quantitative estimate of drug-likeness (QED) is 0.749. The Labute approximate surface area is 114 Å². The van der Waals surface area contributed by atoms with Crippen LogP contribution in [-0.4, -0.2) is 49.6 Å². The molecule has 1 heterocycles. The van der Waals surface area contributed by atoms with Gasteiger partial charge in [0.25, 0.3) is 0 Å². The Bertz CT molecular complexity index is 342. The molecule has 2 atom stereocenters. The Kier molecular flexibility index (Phi) is 4.80. The number of rotatable bonds is 5. The van der Waals surface area contributed by atoms with Gasteiger partial charge in [-0.1, -0.05) is 0 Å². The van der Waals surface area contributed by atoms with Gasteiger partial charge < -0.3 is 15.0 Å². The molecule has 0 spiro atoms. The molecule has 108 valence electrons. The van der Waals surface area contributed by atoms with E-state index in [1.807, 2.05) is 4.90 Å². The van der Waals surface area contributed by atoms with Gasteiger partial charge in [-0.25, -0.2) is 0 Å². The van der Waals surface area contributed by atoms with Crippen LogP contribution in [0.4, 0.5) is 0 Å². The second-order valence-corrected chi connectivity index (χ2v) is 5.85. The van der Waals surface area contributed by atoms with Crippen molar-refractivity contribution in [1.82, 2.24) is 10.2 Å². The molecular weight excluding hydrogens is 244 g/mol. The van der Waals surface area contributed by atoms with Crippen molar-refractivity contribution in [1.29, 1.82) is 0 Å². The highest BCUT2D eigenvalue weighted by Gasteiger charge is 2.31. The predicted molar refractivity (Wildman–Crippen MR) is 71.5 cm³/mol. The minimum atomic E-state index is -0.184. The molecule has 5 nitrogen and oxygen atoms in total. The summed E-state index contributed by atoms with van der Waals surface area (Å²) in [6.45, 7) is 4.07. The predicted octanol–water partition coefficient (Wildman–Crippen LogP) is 0.786. The number of carbonyl (C=O) groups excluding carboxylic acids is 2. The molecule has 0 aromatic rings. The van der Waals surface area contributed by atoms with Crippen LogP contribution in [-0.2, 0) is 14.3 Å². The zero-order chi connectivity index (χ0) is 13.8. The van der Waals surface area contributed by atoms with Crippen molar-refractivity contribution in [2.75, 3.05) is 26.7 Å². The Morgan fingerprint density at radius 2 is 2.00 bits per heavy atom. The number of hydrogen-bond acceptors (Lipinski definition) is 4. The lowest BCUT2D eigenvalue weighted by Gasteiger charge is -2.37. The number of nitrogens with one attached hydrogen (secondary N) is 1. The molecule has 2 fully saturated rings. The molecule has 0 aromatic carbocycles. The van der Waals surface area contributed by atoms with Gasteiger partial charge in [0, 0.05) is 26.1 Å². The summed E-state index contributed by atoms with van der Waals surface area (Å²) in [6.07, 6.45) is 4.00. The number of hydrogen-bond donors (Lipinski definition) is 1. The summed E-state index contributed by atoms with van der Waals surface area (Å²) in [6, 6.07) is 0.313. The highest BCUT2D eigenvalue weighted by molar-refractivity contribution is 5.74. The zero-order valence-corrected chi connectivity index (χ0v) is 11.9. The van der Waals surface area contributed by atoms with Crippen molar-refractivity contribution in [2.24, 2.45) is 11.8 Å². The molecule has 1 saturated heterocycles. The number of nitrogens with zero attached hydrogens (tertiary/aromatic N) is 1. The van der Waals surface area contributed by atoms with Gasteiger partial charge in [-0.3, -0.25) is 9.59 Å². The summed E-state index contributed by atoms with van der Waals surface area (Å²) >= 11 is 0. The third-order valence-electron chi connectivity index (χ3n) is 4.06. The largest absolute Gasteiger partial charge is 0.469 e. The molecular formula is C14H24N2O3. The van der Waals surface area contributed by atoms with Gasteiger partial charge in [-0.2, -0.15) is 0 Å². The molecule has 2 aliphatic rings. The van der Waals surface area contributed by atoms with Crippen molar-refractivity contribution in [3.05, 3.63) is 0 Å². The first-order chi connectivity index (χ1) is 9.08. The molecule has 0 aromatic heterocycles. The minimum absolute atomic E-state index is 0.0905. The number of carbonyl (C=O) groups is 2. The topological polar surface area (TPSA) is 58.6 Å². The van der Waals surface area contributed by atoms with Crippen molar-refractivity contribution in [2.45, 2.75) is 38.6 Å². The summed E-state index contributed by atoms with van der Waals surface area (Å²) in [5.74, 6) is 0.942. The lowest BCUT2D eigenvalue weighted by molar-refractivity contribution is -0.143. The minimum Gasteiger partial charge on any atom is -0.469 e. The van der Waals surface area contributed by atoms with E-state index in [1.54, 1.807) is 6.92 Å². The first kappa shape index (κ1) is 14.3. The normalized spacial score (nSPS) is 27.2. The number of methoxy groups -OCH3 is 1. The summed E-state index contributed by atoms with van der Waals surface area (Å²) < 4.78 is 4.73. The fraction of sp³-hybridized carbons (Fsp3) is 0.857. The van der Waals surface area contributed by atoms with Crippen molar-refractivity contribution >= 4 is 11.9 Å². The molecule has 19 heavy (non-hydrogen) atoms. The van der Waals surface area contributed by atoms with E-state index < -0.39 is 0 Å². The Hall–Kier alpha value is -1.10. The van der Waals surface area contributed by atoms with Crippen LogP contribution in [0.15, 0.2) is 0 Å². The van der Waals surface area contributed by atoms with Crippen LogP contribution >= 0.6 is 0 Å². The fourth-order valence-corrected chi connectivity index (χ4v) is 2.73. The van der Waals surface area contributed by atoms with E-state index >= 15 is 0 Å². The molecule has 1 aliphatic heterocycles. The molecule has 1 saturated carbocycles. The van der Waals surface area contributed by atoms with Gasteiger partial charge in [-0.15, -0.1) is 0 Å². The second-order valence-electron chi connectivity index (χ2n) is 5.85. The van der Waals surface area contributed by atoms with Crippen LogP contribution in [0.3, 0.4) is 0 Å². The molecule has 5 heteroatoms. The molecule has 1 aliphatic carbocycles. The summed E-state index contributed by atoms with van der Waals surface area (Å²) in [5, 5.41) is 3.54. The summed E-state index contributed by atoms with van der Waals surface area (Å²) in [7, 11) is 1.41. The molecule has 1 amide bonds. The number of amides is 1. The van der Waals surface area contributed by atoms with Crippen LogP contribution < -0.4 is 5.32 Å². The number of likely N-dealkylation sites (tertiary alicyclic amines) is 1. The Morgan fingerprint density at radius 3 is 2.58 bits per heavy atom. The summed E-state index contributed by atoms with van der Waals surface area (Å²) in [4.78, 5) is 24.8. The average molecular weight is 268 g/mol. The number of ether oxygens (including phenoxy) is 1. The third kappa shape index (κ3) is 4.49. The monoisotopic (exact) mass is 268 g/mol. The van der Waals surface area contributed by atoms with Gasteiger partial charge in [0.05, 0.1) is 13.5 Å². The maximum atomic E-state index is 11.6. The van der Waals surface area contributed by atoms with Crippen LogP contribution in [0.1, 0.15) is 32.6 Å². The number of esters is 1. The van der Waals surface area contributed by atoms with E-state index in [1.165, 1.54) is 20.0 Å². The number of piperidine rings is 1. The van der Waals surface area contributed by atoms with Crippen molar-refractivity contribution in [3.63, 3.8) is 0 Å². The van der Waals surface area contributed by atoms with Gasteiger partial charge >= 0.3 is 5.97 Å². The Balaban J connectivity index is 1.87. The van der Waals surface area contributed by atoms with E-state index in [4.69, 9.17) is 4.74 Å². The molecule has 2 unspecified atom stereocenters. The van der Waals surface area contributed by atoms with E-state index in [9.17, 15) is 9.59 Å². The van der Waals surface area contributed by atoms with E-state index in [0.717, 1.165) is 25.4 Å². The van der Waals surface area contributed by atoms with E-state index in [2.05, 4.69) is 5.32 Å². The maximum absolute atomic E-state index is 11.6. The van der Waals surface area contributed by atoms with Crippen molar-refractivity contribution in [3.8, 4) is 0 Å². The maximum Gasteiger partial charge on any atom is 0.305 e. The standard InChI is InChI=1S/C14H24N2O3/c1-10(17)16-8-12(6-14(18)19-2)5-13(9-16)15-7-11-3-4-11/h11-13,15H,3-9H2,1-2H3. The lowest BCUT2D eigenvalue weighted by atomic mass is 9.91. The zero-order valence-electron chi connectivity index (χ0n) is 11.9. The molecule has 1 N–H and O–H groups in total. The van der Waals surface area contributed by atoms with Crippen LogP contribution in [0.2, 0.25) is 0 Å². The van der Waals surface area contributed by atoms with Crippen LogP contribution in [0, 0.1) is 11.8 Å². The van der Waals surface area contributed by atoms with Gasteiger partial charge in [-0.05, 0) is 37.6 Å². The SMILES string of the molecule is COC(=O)CC1CC(NCC2CC2)CN(C(C)=O)C1. The Morgan fingerprint density at radius 1 is 1.26 bits per heavy atom. The summed E-state index contributed by atoms with van der Waals surface area (Å²) in [5.41, 5.74) is 0. The van der Waals surface area contributed by atoms with E-state index in [0.29, 0.717) is 19.0 Å². The van der Waals surface area contributed by atoms with E-state index in [-0.39, 0.29) is 17.8 Å². The highest BCUT2D eigenvalue weighted by Crippen LogP contribution is 2.28. The third-order valence-corrected chi connectivity index (χ3v) is 4.06.